The Morgan fingerprint density at radius 3 is 1.25 bits per heavy atom. The van der Waals surface area contributed by atoms with Crippen molar-refractivity contribution in [2.75, 3.05) is 19.6 Å². The van der Waals surface area contributed by atoms with Crippen LogP contribution in [0.5, 0.6) is 0 Å². The van der Waals surface area contributed by atoms with E-state index in [0.29, 0.717) is 0 Å². The average Bonchev–Trinajstić information content (AvgIpc) is 2.79. The average molecular weight is 453 g/mol. The number of carbonyl (C=O) groups is 1. The lowest BCUT2D eigenvalue weighted by molar-refractivity contribution is -0.122. The van der Waals surface area contributed by atoms with Crippen LogP contribution < -0.4 is 5.73 Å². The summed E-state index contributed by atoms with van der Waals surface area (Å²) >= 11 is 0. The zero-order valence-electron chi connectivity index (χ0n) is 22.5. The van der Waals surface area contributed by atoms with Gasteiger partial charge in [-0.05, 0) is 38.9 Å². The Hall–Kier alpha value is -0.570. The summed E-state index contributed by atoms with van der Waals surface area (Å²) in [4.78, 5) is 14.2. The topological polar surface area (TPSA) is 46.3 Å². The Morgan fingerprint density at radius 2 is 0.906 bits per heavy atom. The minimum Gasteiger partial charge on any atom is -0.369 e. The van der Waals surface area contributed by atoms with Crippen LogP contribution in [0.2, 0.25) is 0 Å². The summed E-state index contributed by atoms with van der Waals surface area (Å²) in [6, 6.07) is 0. The van der Waals surface area contributed by atoms with Gasteiger partial charge in [0.2, 0.25) is 5.91 Å². The lowest BCUT2D eigenvalue weighted by Gasteiger charge is -2.19. The molecule has 3 nitrogen and oxygen atoms in total. The summed E-state index contributed by atoms with van der Waals surface area (Å²) in [5, 5.41) is 0. The van der Waals surface area contributed by atoms with Gasteiger partial charge in [0.25, 0.3) is 0 Å². The molecule has 0 aliphatic heterocycles. The van der Waals surface area contributed by atoms with E-state index in [4.69, 9.17) is 5.73 Å². The van der Waals surface area contributed by atoms with Crippen LogP contribution in [0.3, 0.4) is 0 Å². The van der Waals surface area contributed by atoms with Gasteiger partial charge in [-0.3, -0.25) is 4.79 Å². The van der Waals surface area contributed by atoms with Crippen molar-refractivity contribution in [3.05, 3.63) is 0 Å². The maximum absolute atomic E-state index is 11.7. The zero-order chi connectivity index (χ0) is 23.7. The molecule has 0 fully saturated rings. The van der Waals surface area contributed by atoms with Gasteiger partial charge in [-0.15, -0.1) is 0 Å². The molecule has 32 heavy (non-hydrogen) atoms. The number of primary amides is 1. The third-order valence-electron chi connectivity index (χ3n) is 7.23. The van der Waals surface area contributed by atoms with Gasteiger partial charge in [0.1, 0.15) is 0 Å². The monoisotopic (exact) mass is 452 g/mol. The van der Waals surface area contributed by atoms with E-state index in [1.54, 1.807) is 0 Å². The Labute approximate surface area is 202 Å². The first-order valence-electron chi connectivity index (χ1n) is 14.7. The summed E-state index contributed by atoms with van der Waals surface area (Å²) in [7, 11) is 0. The molecule has 0 radical (unpaired) electrons. The molecule has 0 rings (SSSR count). The van der Waals surface area contributed by atoms with E-state index in [2.05, 4.69) is 25.7 Å². The van der Waals surface area contributed by atoms with Crippen LogP contribution in [-0.4, -0.2) is 30.4 Å². The summed E-state index contributed by atoms with van der Waals surface area (Å²) < 4.78 is 0. The largest absolute Gasteiger partial charge is 0.369 e. The molecule has 0 spiro atoms. The first-order valence-corrected chi connectivity index (χ1v) is 14.7. The van der Waals surface area contributed by atoms with Crippen molar-refractivity contribution in [3.63, 3.8) is 0 Å². The van der Waals surface area contributed by atoms with Crippen molar-refractivity contribution < 1.29 is 4.79 Å². The van der Waals surface area contributed by atoms with Crippen LogP contribution in [0, 0.1) is 5.92 Å². The zero-order valence-corrected chi connectivity index (χ0v) is 22.5. The Balaban J connectivity index is 3.38. The minimum absolute atomic E-state index is 0.0866. The molecular formula is C29H60N2O. The van der Waals surface area contributed by atoms with Gasteiger partial charge in [0.15, 0.2) is 0 Å². The van der Waals surface area contributed by atoms with Gasteiger partial charge in [-0.1, -0.05) is 136 Å². The molecular weight excluding hydrogens is 392 g/mol. The van der Waals surface area contributed by atoms with Crippen molar-refractivity contribution in [1.29, 1.82) is 0 Å². The molecule has 0 bridgehead atoms. The summed E-state index contributed by atoms with van der Waals surface area (Å²) in [5.74, 6) is 0.00291. The summed E-state index contributed by atoms with van der Waals surface area (Å²) in [5.41, 5.74) is 5.64. The highest BCUT2D eigenvalue weighted by Gasteiger charge is 2.15. The molecule has 0 aromatic heterocycles. The number of hydrogen-bond acceptors (Lipinski definition) is 2. The number of carbonyl (C=O) groups excluding carboxylic acids is 1. The maximum atomic E-state index is 11.7. The SMILES string of the molecule is CCCCCCCCCCCCCCCCCCCCC(CCCN(CC)CC)C(N)=O. The highest BCUT2D eigenvalue weighted by Crippen LogP contribution is 2.18. The van der Waals surface area contributed by atoms with Gasteiger partial charge in [-0.2, -0.15) is 0 Å². The number of nitrogens with zero attached hydrogens (tertiary/aromatic N) is 1. The van der Waals surface area contributed by atoms with Crippen molar-refractivity contribution >= 4 is 5.91 Å². The standard InChI is InChI=1S/C29H60N2O/c1-4-7-8-9-10-11-12-13-14-15-16-17-18-19-20-21-22-23-25-28(29(30)32)26-24-27-31(5-2)6-3/h28H,4-27H2,1-3H3,(H2,30,32). The maximum Gasteiger partial charge on any atom is 0.220 e. The second-order valence-electron chi connectivity index (χ2n) is 10.1. The van der Waals surface area contributed by atoms with Crippen molar-refractivity contribution in [1.82, 2.24) is 4.90 Å². The van der Waals surface area contributed by atoms with E-state index >= 15 is 0 Å². The predicted molar refractivity (Wildman–Crippen MR) is 143 cm³/mol. The van der Waals surface area contributed by atoms with Crippen molar-refractivity contribution in [3.8, 4) is 0 Å². The molecule has 0 aliphatic rings. The van der Waals surface area contributed by atoms with Crippen LogP contribution >= 0.6 is 0 Å². The first-order chi connectivity index (χ1) is 15.7. The lowest BCUT2D eigenvalue weighted by Crippen LogP contribution is -2.27. The number of nitrogens with two attached hydrogens (primary N) is 1. The summed E-state index contributed by atoms with van der Waals surface area (Å²) in [6.07, 6.45) is 28.2. The number of unbranched alkanes of at least 4 members (excludes halogenated alkanes) is 17. The fourth-order valence-corrected chi connectivity index (χ4v) is 4.82. The van der Waals surface area contributed by atoms with Crippen LogP contribution in [0.15, 0.2) is 0 Å². The molecule has 0 heterocycles. The molecule has 1 atom stereocenters. The second-order valence-corrected chi connectivity index (χ2v) is 10.1. The van der Waals surface area contributed by atoms with Gasteiger partial charge >= 0.3 is 0 Å². The van der Waals surface area contributed by atoms with Gasteiger partial charge in [0.05, 0.1) is 0 Å². The molecule has 0 saturated carbocycles. The first kappa shape index (κ1) is 31.4. The molecule has 0 aliphatic carbocycles. The molecule has 2 N–H and O–H groups in total. The highest BCUT2D eigenvalue weighted by atomic mass is 16.1. The van der Waals surface area contributed by atoms with Crippen LogP contribution in [0.25, 0.3) is 0 Å². The third kappa shape index (κ3) is 21.3. The minimum atomic E-state index is -0.0866. The molecule has 0 saturated heterocycles. The van der Waals surface area contributed by atoms with Crippen LogP contribution in [0.4, 0.5) is 0 Å². The van der Waals surface area contributed by atoms with E-state index in [-0.39, 0.29) is 11.8 Å². The van der Waals surface area contributed by atoms with E-state index < -0.39 is 0 Å². The third-order valence-corrected chi connectivity index (χ3v) is 7.23. The fourth-order valence-electron chi connectivity index (χ4n) is 4.82. The van der Waals surface area contributed by atoms with Crippen LogP contribution in [0.1, 0.15) is 156 Å². The summed E-state index contributed by atoms with van der Waals surface area (Å²) in [6.45, 7) is 9.98. The molecule has 1 amide bonds. The van der Waals surface area contributed by atoms with Crippen molar-refractivity contribution in [2.24, 2.45) is 11.7 Å². The smallest absolute Gasteiger partial charge is 0.220 e. The molecule has 1 unspecified atom stereocenters. The Bertz CT molecular complexity index is 381. The van der Waals surface area contributed by atoms with Gasteiger partial charge in [0, 0.05) is 5.92 Å². The van der Waals surface area contributed by atoms with Crippen molar-refractivity contribution in [2.45, 2.75) is 156 Å². The quantitative estimate of drug-likeness (QED) is 0.133. The second kappa shape index (κ2) is 25.1. The van der Waals surface area contributed by atoms with E-state index in [0.717, 1.165) is 45.3 Å². The highest BCUT2D eigenvalue weighted by molar-refractivity contribution is 5.76. The van der Waals surface area contributed by atoms with Gasteiger partial charge in [-0.25, -0.2) is 0 Å². The Morgan fingerprint density at radius 1 is 0.562 bits per heavy atom. The van der Waals surface area contributed by atoms with E-state index in [1.165, 1.54) is 109 Å². The molecule has 0 aromatic carbocycles. The predicted octanol–water partition coefficient (Wildman–Crippen LogP) is 8.64. The number of hydrogen-bond donors (Lipinski definition) is 1. The molecule has 0 aromatic rings. The van der Waals surface area contributed by atoms with Crippen LogP contribution in [-0.2, 0) is 4.79 Å². The van der Waals surface area contributed by atoms with E-state index in [1.807, 2.05) is 0 Å². The van der Waals surface area contributed by atoms with Gasteiger partial charge < -0.3 is 10.6 Å². The number of rotatable bonds is 26. The molecule has 192 valence electrons. The fraction of sp³-hybridized carbons (Fsp3) is 0.966. The Kier molecular flexibility index (Phi) is 24.6. The normalized spacial score (nSPS) is 12.5. The van der Waals surface area contributed by atoms with E-state index in [9.17, 15) is 4.79 Å². The lowest BCUT2D eigenvalue weighted by atomic mass is 9.95. The molecule has 3 heteroatoms. The number of amides is 1.